The monoisotopic (exact) mass is 469 g/mol. The fourth-order valence-electron chi connectivity index (χ4n) is 8.27. The van der Waals surface area contributed by atoms with Gasteiger partial charge in [-0.3, -0.25) is 0 Å². The Morgan fingerprint density at radius 1 is 0.800 bits per heavy atom. The molecule has 3 aliphatic rings. The molecule has 3 nitrogen and oxygen atoms in total. The van der Waals surface area contributed by atoms with Crippen LogP contribution in [-0.2, 0) is 10.2 Å². The minimum atomic E-state index is -0.0651. The van der Waals surface area contributed by atoms with Gasteiger partial charge in [-0.15, -0.1) is 0 Å². The van der Waals surface area contributed by atoms with Crippen molar-refractivity contribution in [3.05, 3.63) is 58.7 Å². The Balaban J connectivity index is 1.65. The van der Waals surface area contributed by atoms with E-state index >= 15 is 0 Å². The maximum absolute atomic E-state index is 11.5. The Morgan fingerprint density at radius 3 is 2.17 bits per heavy atom. The predicted molar refractivity (Wildman–Crippen MR) is 146 cm³/mol. The zero-order chi connectivity index (χ0) is 24.8. The molecule has 0 aromatic heterocycles. The summed E-state index contributed by atoms with van der Waals surface area (Å²) in [4.78, 5) is 2.40. The van der Waals surface area contributed by atoms with Gasteiger partial charge in [0.2, 0.25) is 0 Å². The molecule has 0 bridgehead atoms. The van der Waals surface area contributed by atoms with Crippen molar-refractivity contribution in [2.75, 3.05) is 31.2 Å². The lowest BCUT2D eigenvalue weighted by Gasteiger charge is -2.51. The van der Waals surface area contributed by atoms with Gasteiger partial charge in [-0.1, -0.05) is 51.5 Å². The summed E-state index contributed by atoms with van der Waals surface area (Å²) in [5, 5.41) is 13.7. The number of aryl methyl sites for hydroxylation is 2. The van der Waals surface area contributed by atoms with Crippen molar-refractivity contribution in [1.29, 1.82) is 0 Å². The summed E-state index contributed by atoms with van der Waals surface area (Å²) < 4.78 is 5.59. The van der Waals surface area contributed by atoms with Gasteiger partial charge >= 0.3 is 0 Å². The molecule has 0 unspecified atom stereocenters. The molecule has 1 saturated heterocycles. The van der Waals surface area contributed by atoms with Crippen LogP contribution in [0.1, 0.15) is 69.2 Å². The SMILES string of the molecule is Cc1ccc2c(c1)C1(CC(C)(C)CC(C)(C)C1)c1cc(O)c3cc(N4CCOCC4)c(C)cc3c1-2. The van der Waals surface area contributed by atoms with Crippen LogP contribution in [0, 0.1) is 24.7 Å². The number of ether oxygens (including phenoxy) is 1. The molecule has 3 heteroatoms. The minimum absolute atomic E-state index is 0.0651. The molecular formula is C32H39NO2. The first kappa shape index (κ1) is 22.9. The third kappa shape index (κ3) is 3.49. The third-order valence-electron chi connectivity index (χ3n) is 8.78. The molecule has 35 heavy (non-hydrogen) atoms. The highest BCUT2D eigenvalue weighted by Gasteiger charge is 2.53. The number of hydrogen-bond acceptors (Lipinski definition) is 3. The van der Waals surface area contributed by atoms with E-state index < -0.39 is 0 Å². The first-order valence-corrected chi connectivity index (χ1v) is 13.2. The Labute approximate surface area is 210 Å². The van der Waals surface area contributed by atoms with Crippen molar-refractivity contribution in [3.63, 3.8) is 0 Å². The minimum Gasteiger partial charge on any atom is -0.507 e. The second-order valence-corrected chi connectivity index (χ2v) is 13.1. The molecule has 0 radical (unpaired) electrons. The van der Waals surface area contributed by atoms with Crippen molar-refractivity contribution >= 4 is 16.5 Å². The number of nitrogens with zero attached hydrogens (tertiary/aromatic N) is 1. The van der Waals surface area contributed by atoms with E-state index in [0.717, 1.165) is 44.5 Å². The summed E-state index contributed by atoms with van der Waals surface area (Å²) >= 11 is 0. The van der Waals surface area contributed by atoms with Gasteiger partial charge in [-0.25, -0.2) is 0 Å². The number of fused-ring (bicyclic) bond motifs is 7. The Kier molecular flexibility index (Phi) is 4.90. The fourth-order valence-corrected chi connectivity index (χ4v) is 8.27. The molecule has 6 rings (SSSR count). The zero-order valence-electron chi connectivity index (χ0n) is 22.2. The average Bonchev–Trinajstić information content (AvgIpc) is 3.00. The van der Waals surface area contributed by atoms with Crippen molar-refractivity contribution in [3.8, 4) is 16.9 Å². The molecule has 2 aliphatic carbocycles. The third-order valence-corrected chi connectivity index (χ3v) is 8.78. The number of benzene rings is 3. The van der Waals surface area contributed by atoms with Crippen LogP contribution in [-0.4, -0.2) is 31.4 Å². The van der Waals surface area contributed by atoms with Gasteiger partial charge in [-0.05, 0) is 95.3 Å². The van der Waals surface area contributed by atoms with Crippen LogP contribution in [0.2, 0.25) is 0 Å². The number of phenols is 1. The maximum Gasteiger partial charge on any atom is 0.123 e. The van der Waals surface area contributed by atoms with Gasteiger partial charge in [0.05, 0.1) is 13.2 Å². The van der Waals surface area contributed by atoms with Crippen LogP contribution < -0.4 is 4.90 Å². The Morgan fingerprint density at radius 2 is 1.49 bits per heavy atom. The molecule has 1 spiro atoms. The summed E-state index contributed by atoms with van der Waals surface area (Å²) in [6.07, 6.45) is 3.45. The van der Waals surface area contributed by atoms with Crippen LogP contribution in [0.4, 0.5) is 5.69 Å². The normalized spacial score (nSPS) is 21.8. The van der Waals surface area contributed by atoms with Crippen molar-refractivity contribution in [2.24, 2.45) is 10.8 Å². The van der Waals surface area contributed by atoms with E-state index in [2.05, 4.69) is 82.8 Å². The number of hydrogen-bond donors (Lipinski definition) is 1. The Hall–Kier alpha value is -2.52. The van der Waals surface area contributed by atoms with Crippen LogP contribution in [0.25, 0.3) is 21.9 Å². The molecular weight excluding hydrogens is 430 g/mol. The number of phenolic OH excluding ortho intramolecular Hbond substituents is 1. The number of anilines is 1. The molecule has 1 heterocycles. The van der Waals surface area contributed by atoms with Crippen molar-refractivity contribution in [1.82, 2.24) is 0 Å². The summed E-state index contributed by atoms with van der Waals surface area (Å²) in [6.45, 7) is 17.5. The van der Waals surface area contributed by atoms with E-state index in [1.54, 1.807) is 0 Å². The molecule has 3 aromatic rings. The smallest absolute Gasteiger partial charge is 0.123 e. The summed E-state index contributed by atoms with van der Waals surface area (Å²) in [7, 11) is 0. The van der Waals surface area contributed by atoms with Crippen LogP contribution in [0.3, 0.4) is 0 Å². The standard InChI is InChI=1S/C32H39NO2/c1-20-7-8-22-25(13-20)32(18-30(3,4)17-31(5,6)19-32)26-16-28(34)23-15-27(33-9-11-35-12-10-33)21(2)14-24(23)29(22)26/h7-8,13-16,34H,9-12,17-19H2,1-6H3. The quantitative estimate of drug-likeness (QED) is 0.400. The van der Waals surface area contributed by atoms with E-state index in [0.29, 0.717) is 5.75 Å². The predicted octanol–water partition coefficient (Wildman–Crippen LogP) is 7.50. The molecule has 0 atom stereocenters. The molecule has 2 fully saturated rings. The van der Waals surface area contributed by atoms with Crippen LogP contribution in [0.15, 0.2) is 36.4 Å². The van der Waals surface area contributed by atoms with E-state index in [1.807, 2.05) is 0 Å². The number of morpholine rings is 1. The van der Waals surface area contributed by atoms with Crippen molar-refractivity contribution < 1.29 is 9.84 Å². The highest BCUT2D eigenvalue weighted by Crippen LogP contribution is 2.65. The average molecular weight is 470 g/mol. The lowest BCUT2D eigenvalue weighted by atomic mass is 9.52. The van der Waals surface area contributed by atoms with E-state index in [-0.39, 0.29) is 16.2 Å². The zero-order valence-corrected chi connectivity index (χ0v) is 22.2. The summed E-state index contributed by atoms with van der Waals surface area (Å²) in [5.74, 6) is 0.415. The largest absolute Gasteiger partial charge is 0.507 e. The highest BCUT2D eigenvalue weighted by atomic mass is 16.5. The second-order valence-electron chi connectivity index (χ2n) is 13.1. The molecule has 3 aromatic carbocycles. The van der Waals surface area contributed by atoms with E-state index in [1.165, 1.54) is 50.9 Å². The molecule has 1 N–H and O–H groups in total. The molecule has 1 saturated carbocycles. The first-order chi connectivity index (χ1) is 16.5. The lowest BCUT2D eigenvalue weighted by Crippen LogP contribution is -2.43. The Bertz CT molecular complexity index is 1330. The van der Waals surface area contributed by atoms with Gasteiger partial charge in [0.15, 0.2) is 0 Å². The van der Waals surface area contributed by atoms with Gasteiger partial charge in [0.25, 0.3) is 0 Å². The lowest BCUT2D eigenvalue weighted by molar-refractivity contribution is 0.0645. The first-order valence-electron chi connectivity index (χ1n) is 13.2. The molecule has 184 valence electrons. The van der Waals surface area contributed by atoms with E-state index in [4.69, 9.17) is 4.74 Å². The van der Waals surface area contributed by atoms with E-state index in [9.17, 15) is 5.11 Å². The van der Waals surface area contributed by atoms with Gasteiger partial charge in [0, 0.05) is 29.6 Å². The van der Waals surface area contributed by atoms with Gasteiger partial charge in [0.1, 0.15) is 5.75 Å². The maximum atomic E-state index is 11.5. The summed E-state index contributed by atoms with van der Waals surface area (Å²) in [5.41, 5.74) is 9.70. The highest BCUT2D eigenvalue weighted by molar-refractivity contribution is 6.06. The fraction of sp³-hybridized carbons (Fsp3) is 0.500. The summed E-state index contributed by atoms with van der Waals surface area (Å²) in [6, 6.07) is 13.7. The number of rotatable bonds is 1. The van der Waals surface area contributed by atoms with Gasteiger partial charge < -0.3 is 14.7 Å². The van der Waals surface area contributed by atoms with Crippen molar-refractivity contribution in [2.45, 2.75) is 66.2 Å². The topological polar surface area (TPSA) is 32.7 Å². The molecule has 1 aliphatic heterocycles. The molecule has 0 amide bonds. The van der Waals surface area contributed by atoms with Crippen LogP contribution in [0.5, 0.6) is 5.75 Å². The second kappa shape index (κ2) is 7.49. The number of aromatic hydroxyl groups is 1. The van der Waals surface area contributed by atoms with Gasteiger partial charge in [-0.2, -0.15) is 0 Å². The van der Waals surface area contributed by atoms with Crippen LogP contribution >= 0.6 is 0 Å².